The quantitative estimate of drug-likeness (QED) is 0.288. The lowest BCUT2D eigenvalue weighted by Crippen LogP contribution is -2.08. The molecule has 0 saturated carbocycles. The number of pyridine rings is 1. The maximum absolute atomic E-state index is 10.9. The fraction of sp³-hybridized carbons (Fsp3) is 0.154. The summed E-state index contributed by atoms with van der Waals surface area (Å²) in [6.45, 7) is 0.563. The van der Waals surface area contributed by atoms with Crippen LogP contribution in [0, 0.1) is 10.1 Å². The van der Waals surface area contributed by atoms with E-state index in [1.807, 2.05) is 30.3 Å². The van der Waals surface area contributed by atoms with E-state index in [4.69, 9.17) is 11.6 Å². The van der Waals surface area contributed by atoms with E-state index in [-0.39, 0.29) is 16.7 Å². The van der Waals surface area contributed by atoms with Crippen molar-refractivity contribution in [3.05, 3.63) is 57.7 Å². The van der Waals surface area contributed by atoms with Crippen LogP contribution in [0.2, 0.25) is 5.15 Å². The SMILES string of the molecule is O=[N+]([O-])c1ccc(Cl)nc1NCCSc1ccccc1. The van der Waals surface area contributed by atoms with Gasteiger partial charge in [0.05, 0.1) is 4.92 Å². The monoisotopic (exact) mass is 309 g/mol. The minimum atomic E-state index is -0.476. The molecule has 0 aliphatic rings. The van der Waals surface area contributed by atoms with Gasteiger partial charge in [-0.3, -0.25) is 10.1 Å². The van der Waals surface area contributed by atoms with Gasteiger partial charge in [-0.15, -0.1) is 11.8 Å². The van der Waals surface area contributed by atoms with Crippen LogP contribution in [0.25, 0.3) is 0 Å². The van der Waals surface area contributed by atoms with Crippen LogP contribution in [0.3, 0.4) is 0 Å². The summed E-state index contributed by atoms with van der Waals surface area (Å²) in [5, 5.41) is 14.0. The number of benzene rings is 1. The highest BCUT2D eigenvalue weighted by Crippen LogP contribution is 2.24. The highest BCUT2D eigenvalue weighted by molar-refractivity contribution is 7.99. The molecule has 20 heavy (non-hydrogen) atoms. The van der Waals surface area contributed by atoms with Crippen molar-refractivity contribution in [1.82, 2.24) is 4.98 Å². The summed E-state index contributed by atoms with van der Waals surface area (Å²) < 4.78 is 0. The molecule has 0 bridgehead atoms. The predicted molar refractivity (Wildman–Crippen MR) is 81.6 cm³/mol. The highest BCUT2D eigenvalue weighted by Gasteiger charge is 2.14. The fourth-order valence-corrected chi connectivity index (χ4v) is 2.50. The van der Waals surface area contributed by atoms with Gasteiger partial charge in [-0.05, 0) is 18.2 Å². The van der Waals surface area contributed by atoms with E-state index in [0.717, 1.165) is 10.6 Å². The van der Waals surface area contributed by atoms with E-state index in [0.29, 0.717) is 6.54 Å². The molecule has 1 heterocycles. The second kappa shape index (κ2) is 7.12. The van der Waals surface area contributed by atoms with Gasteiger partial charge in [-0.25, -0.2) is 4.98 Å². The number of aromatic nitrogens is 1. The summed E-state index contributed by atoms with van der Waals surface area (Å²) in [7, 11) is 0. The Bertz CT molecular complexity index is 595. The summed E-state index contributed by atoms with van der Waals surface area (Å²) in [5.41, 5.74) is -0.0703. The van der Waals surface area contributed by atoms with E-state index in [1.54, 1.807) is 11.8 Å². The normalized spacial score (nSPS) is 10.2. The predicted octanol–water partition coefficient (Wildman–Crippen LogP) is 3.85. The van der Waals surface area contributed by atoms with Crippen LogP contribution >= 0.6 is 23.4 Å². The maximum Gasteiger partial charge on any atom is 0.311 e. The molecule has 1 N–H and O–H groups in total. The van der Waals surface area contributed by atoms with Crippen molar-refractivity contribution in [1.29, 1.82) is 0 Å². The molecule has 2 rings (SSSR count). The van der Waals surface area contributed by atoms with Crippen LogP contribution < -0.4 is 5.32 Å². The van der Waals surface area contributed by atoms with Crippen molar-refractivity contribution in [3.63, 3.8) is 0 Å². The number of thioether (sulfide) groups is 1. The van der Waals surface area contributed by atoms with Gasteiger partial charge < -0.3 is 5.32 Å². The van der Waals surface area contributed by atoms with Crippen molar-refractivity contribution >= 4 is 34.9 Å². The standard InChI is InChI=1S/C13H12ClN3O2S/c14-12-7-6-11(17(18)19)13(16-12)15-8-9-20-10-4-2-1-3-5-10/h1-7H,8-9H2,(H,15,16). The lowest BCUT2D eigenvalue weighted by molar-refractivity contribution is -0.384. The molecule has 0 atom stereocenters. The van der Waals surface area contributed by atoms with Gasteiger partial charge in [0.15, 0.2) is 0 Å². The van der Waals surface area contributed by atoms with Crippen LogP contribution in [0.4, 0.5) is 11.5 Å². The average molecular weight is 310 g/mol. The molecular weight excluding hydrogens is 298 g/mol. The van der Waals surface area contributed by atoms with Gasteiger partial charge in [0.25, 0.3) is 0 Å². The number of anilines is 1. The third-order valence-corrected chi connectivity index (χ3v) is 3.67. The zero-order valence-electron chi connectivity index (χ0n) is 10.5. The number of halogens is 1. The molecule has 7 heteroatoms. The molecule has 0 radical (unpaired) electrons. The van der Waals surface area contributed by atoms with Gasteiger partial charge in [-0.1, -0.05) is 29.8 Å². The smallest absolute Gasteiger partial charge is 0.311 e. The van der Waals surface area contributed by atoms with Crippen LogP contribution in [-0.4, -0.2) is 22.2 Å². The molecule has 2 aromatic rings. The van der Waals surface area contributed by atoms with Crippen molar-refractivity contribution in [3.8, 4) is 0 Å². The lowest BCUT2D eigenvalue weighted by atomic mass is 10.4. The maximum atomic E-state index is 10.9. The highest BCUT2D eigenvalue weighted by atomic mass is 35.5. The molecule has 104 valence electrons. The Morgan fingerprint density at radius 1 is 1.25 bits per heavy atom. The second-order valence-electron chi connectivity index (χ2n) is 3.85. The Kier molecular flexibility index (Phi) is 5.20. The molecule has 0 amide bonds. The topological polar surface area (TPSA) is 68.1 Å². The van der Waals surface area contributed by atoms with Crippen LogP contribution in [0.1, 0.15) is 0 Å². The third kappa shape index (κ3) is 4.11. The fourth-order valence-electron chi connectivity index (χ4n) is 1.56. The van der Waals surface area contributed by atoms with Crippen LogP contribution in [-0.2, 0) is 0 Å². The Hall–Kier alpha value is -1.79. The van der Waals surface area contributed by atoms with Gasteiger partial charge in [0.1, 0.15) is 5.15 Å². The van der Waals surface area contributed by atoms with Gasteiger partial charge >= 0.3 is 5.69 Å². The Morgan fingerprint density at radius 3 is 2.70 bits per heavy atom. The van der Waals surface area contributed by atoms with Crippen molar-refractivity contribution in [2.45, 2.75) is 4.90 Å². The van der Waals surface area contributed by atoms with E-state index in [9.17, 15) is 10.1 Å². The summed E-state index contributed by atoms with van der Waals surface area (Å²) >= 11 is 7.42. The average Bonchev–Trinajstić information content (AvgIpc) is 2.44. The first-order chi connectivity index (χ1) is 9.66. The van der Waals surface area contributed by atoms with Crippen LogP contribution in [0.5, 0.6) is 0 Å². The van der Waals surface area contributed by atoms with Crippen molar-refractivity contribution in [2.75, 3.05) is 17.6 Å². The largest absolute Gasteiger partial charge is 0.363 e. The Morgan fingerprint density at radius 2 is 2.00 bits per heavy atom. The summed E-state index contributed by atoms with van der Waals surface area (Å²) in [5.74, 6) is 0.978. The second-order valence-corrected chi connectivity index (χ2v) is 5.40. The third-order valence-electron chi connectivity index (χ3n) is 2.44. The number of hydrogen-bond donors (Lipinski definition) is 1. The molecule has 1 aromatic carbocycles. The van der Waals surface area contributed by atoms with Crippen molar-refractivity contribution in [2.24, 2.45) is 0 Å². The Labute approximate surface area is 125 Å². The summed E-state index contributed by atoms with van der Waals surface area (Å²) in [6.07, 6.45) is 0. The molecular formula is C13H12ClN3O2S. The number of nitrogens with zero attached hydrogens (tertiary/aromatic N) is 2. The molecule has 0 fully saturated rings. The Balaban J connectivity index is 1.91. The zero-order valence-corrected chi connectivity index (χ0v) is 12.0. The van der Waals surface area contributed by atoms with E-state index in [1.165, 1.54) is 12.1 Å². The van der Waals surface area contributed by atoms with E-state index >= 15 is 0 Å². The molecule has 0 unspecified atom stereocenters. The molecule has 0 saturated heterocycles. The van der Waals surface area contributed by atoms with E-state index in [2.05, 4.69) is 10.3 Å². The van der Waals surface area contributed by atoms with Crippen LogP contribution in [0.15, 0.2) is 47.4 Å². The molecule has 0 aliphatic carbocycles. The number of nitro groups is 1. The lowest BCUT2D eigenvalue weighted by Gasteiger charge is -2.06. The van der Waals surface area contributed by atoms with Crippen molar-refractivity contribution < 1.29 is 4.92 Å². The molecule has 0 aliphatic heterocycles. The van der Waals surface area contributed by atoms with E-state index < -0.39 is 4.92 Å². The summed E-state index contributed by atoms with van der Waals surface area (Å²) in [6, 6.07) is 12.7. The zero-order chi connectivity index (χ0) is 14.4. The van der Waals surface area contributed by atoms with Gasteiger partial charge in [0, 0.05) is 23.3 Å². The first-order valence-electron chi connectivity index (χ1n) is 5.89. The number of nitrogens with one attached hydrogen (secondary N) is 1. The minimum Gasteiger partial charge on any atom is -0.363 e. The van der Waals surface area contributed by atoms with Gasteiger partial charge in [-0.2, -0.15) is 0 Å². The molecule has 1 aromatic heterocycles. The first kappa shape index (κ1) is 14.6. The minimum absolute atomic E-state index is 0.0703. The molecule has 0 spiro atoms. The summed E-state index contributed by atoms with van der Waals surface area (Å²) in [4.78, 5) is 15.5. The number of rotatable bonds is 6. The number of hydrogen-bond acceptors (Lipinski definition) is 5. The molecule has 5 nitrogen and oxygen atoms in total. The van der Waals surface area contributed by atoms with Gasteiger partial charge in [0.2, 0.25) is 5.82 Å². The first-order valence-corrected chi connectivity index (χ1v) is 7.26.